The number of hydrogen-bond acceptors (Lipinski definition) is 10. The molecule has 0 aliphatic rings. The molecule has 3 heterocycles. The minimum atomic E-state index is -4.85. The Labute approximate surface area is 231 Å². The Morgan fingerprint density at radius 3 is 2.15 bits per heavy atom. The minimum Gasteiger partial charge on any atom is -0.504 e. The van der Waals surface area contributed by atoms with Gasteiger partial charge in [0.15, 0.2) is 34.5 Å². The normalized spacial score (nSPS) is 11.9. The summed E-state index contributed by atoms with van der Waals surface area (Å²) in [5.74, 6) is -0.249. The van der Waals surface area contributed by atoms with Crippen molar-refractivity contribution >= 4 is 48.6 Å². The molecular formula is C28H21NO11S. The first-order valence-electron chi connectivity index (χ1n) is 11.9. The highest BCUT2D eigenvalue weighted by molar-refractivity contribution is 7.81. The van der Waals surface area contributed by atoms with Crippen LogP contribution in [-0.4, -0.2) is 48.9 Å². The summed E-state index contributed by atoms with van der Waals surface area (Å²) in [5, 5.41) is 22.6. The van der Waals surface area contributed by atoms with Gasteiger partial charge < -0.3 is 37.4 Å². The maximum absolute atomic E-state index is 13.5. The van der Waals surface area contributed by atoms with Gasteiger partial charge in [0.1, 0.15) is 11.1 Å². The number of methoxy groups -OCH3 is 3. The van der Waals surface area contributed by atoms with Crippen molar-refractivity contribution in [3.63, 3.8) is 0 Å². The van der Waals surface area contributed by atoms with E-state index >= 15 is 0 Å². The number of ether oxygens (including phenoxy) is 3. The fourth-order valence-electron chi connectivity index (χ4n) is 5.13. The Bertz CT molecular complexity index is 2220. The molecule has 0 saturated heterocycles. The largest absolute Gasteiger partial charge is 0.504 e. The zero-order valence-electron chi connectivity index (χ0n) is 21.7. The number of fused-ring (bicyclic) bond motifs is 7. The number of hydrogen-bond donors (Lipinski definition) is 3. The first-order chi connectivity index (χ1) is 19.5. The molecule has 3 N–H and O–H groups in total. The van der Waals surface area contributed by atoms with E-state index in [0.717, 1.165) is 0 Å². The van der Waals surface area contributed by atoms with E-state index in [1.807, 2.05) is 0 Å². The fourth-order valence-corrected chi connectivity index (χ4v) is 5.49. The van der Waals surface area contributed by atoms with Gasteiger partial charge in [-0.25, -0.2) is 4.79 Å². The molecule has 3 aromatic heterocycles. The first kappa shape index (κ1) is 26.1. The highest BCUT2D eigenvalue weighted by Crippen LogP contribution is 2.46. The van der Waals surface area contributed by atoms with Crippen LogP contribution in [-0.2, 0) is 10.4 Å². The van der Waals surface area contributed by atoms with E-state index < -0.39 is 16.0 Å². The molecule has 210 valence electrons. The maximum atomic E-state index is 13.5. The summed E-state index contributed by atoms with van der Waals surface area (Å²) in [5.41, 5.74) is 1.15. The van der Waals surface area contributed by atoms with Crippen LogP contribution in [0.25, 0.3) is 49.3 Å². The van der Waals surface area contributed by atoms with Gasteiger partial charge in [-0.1, -0.05) is 6.07 Å². The molecule has 0 radical (unpaired) electrons. The Hall–Kier alpha value is -5.14. The summed E-state index contributed by atoms with van der Waals surface area (Å²) in [7, 11) is -0.748. The van der Waals surface area contributed by atoms with Gasteiger partial charge in [0.2, 0.25) is 0 Å². The average molecular weight is 580 g/mol. The van der Waals surface area contributed by atoms with E-state index in [1.165, 1.54) is 45.6 Å². The molecule has 3 aromatic carbocycles. The van der Waals surface area contributed by atoms with Crippen LogP contribution in [0.4, 0.5) is 0 Å². The zero-order chi connectivity index (χ0) is 29.2. The van der Waals surface area contributed by atoms with Crippen LogP contribution in [0.5, 0.6) is 34.5 Å². The van der Waals surface area contributed by atoms with Crippen molar-refractivity contribution in [1.29, 1.82) is 0 Å². The monoisotopic (exact) mass is 579 g/mol. The van der Waals surface area contributed by atoms with Gasteiger partial charge in [-0.05, 0) is 47.3 Å². The first-order valence-corrected chi connectivity index (χ1v) is 13.3. The lowest BCUT2D eigenvalue weighted by Crippen LogP contribution is -2.07. The number of phenols is 2. The second-order valence-electron chi connectivity index (χ2n) is 9.03. The zero-order valence-corrected chi connectivity index (χ0v) is 22.5. The van der Waals surface area contributed by atoms with Crippen molar-refractivity contribution < 1.29 is 46.0 Å². The molecule has 0 fully saturated rings. The fraction of sp³-hybridized carbons (Fsp3) is 0.107. The molecule has 0 atom stereocenters. The number of phenolic OH excluding ortho intramolecular Hbond substituents is 2. The molecular weight excluding hydrogens is 558 g/mol. The van der Waals surface area contributed by atoms with Gasteiger partial charge in [-0.2, -0.15) is 8.42 Å². The molecule has 6 aromatic rings. The Balaban J connectivity index is 1.88. The van der Waals surface area contributed by atoms with E-state index in [9.17, 15) is 28.0 Å². The second kappa shape index (κ2) is 9.21. The second-order valence-corrected chi connectivity index (χ2v) is 10.1. The lowest BCUT2D eigenvalue weighted by atomic mass is 9.98. The summed E-state index contributed by atoms with van der Waals surface area (Å²) in [6.45, 7) is 0. The van der Waals surface area contributed by atoms with Crippen LogP contribution in [0, 0.1) is 0 Å². The molecule has 12 nitrogen and oxygen atoms in total. The Morgan fingerprint density at radius 2 is 1.46 bits per heavy atom. The third-order valence-electron chi connectivity index (χ3n) is 6.81. The van der Waals surface area contributed by atoms with Crippen LogP contribution in [0.3, 0.4) is 0 Å². The van der Waals surface area contributed by atoms with Crippen molar-refractivity contribution in [2.24, 2.45) is 0 Å². The van der Waals surface area contributed by atoms with Crippen molar-refractivity contribution in [1.82, 2.24) is 4.40 Å². The standard InChI is InChI=1S/C28H21NO11S/c1-36-20-9-14(4-5-17(20)30)24-25-16-11-21(37-2)18(31)12-19(16)39-28(32)27(25)29-7-6-13-8-23(40-41(33,34)35)22(38-3)10-15(13)26(24)29/h4-12,30-31H,1-3H3,(H,33,34,35). The number of benzene rings is 3. The van der Waals surface area contributed by atoms with Gasteiger partial charge in [0, 0.05) is 34.0 Å². The number of aromatic hydroxyl groups is 2. The van der Waals surface area contributed by atoms with E-state index in [0.29, 0.717) is 38.2 Å². The van der Waals surface area contributed by atoms with Gasteiger partial charge >= 0.3 is 16.0 Å². The molecule has 0 spiro atoms. The Morgan fingerprint density at radius 1 is 0.780 bits per heavy atom. The number of pyridine rings is 1. The Kier molecular flexibility index (Phi) is 5.87. The highest BCUT2D eigenvalue weighted by Gasteiger charge is 2.25. The van der Waals surface area contributed by atoms with E-state index in [-0.39, 0.29) is 45.6 Å². The molecule has 41 heavy (non-hydrogen) atoms. The summed E-state index contributed by atoms with van der Waals surface area (Å²) < 4.78 is 60.2. The molecule has 6 rings (SSSR count). The average Bonchev–Trinajstić information content (AvgIpc) is 3.28. The number of rotatable bonds is 6. The topological polar surface area (TPSA) is 166 Å². The van der Waals surface area contributed by atoms with E-state index in [2.05, 4.69) is 0 Å². The van der Waals surface area contributed by atoms with Crippen LogP contribution in [0.1, 0.15) is 0 Å². The minimum absolute atomic E-state index is 0.00815. The predicted molar refractivity (Wildman–Crippen MR) is 149 cm³/mol. The van der Waals surface area contributed by atoms with Crippen LogP contribution < -0.4 is 24.0 Å². The van der Waals surface area contributed by atoms with Crippen molar-refractivity contribution in [2.45, 2.75) is 0 Å². The summed E-state index contributed by atoms with van der Waals surface area (Å²) in [4.78, 5) is 13.5. The summed E-state index contributed by atoms with van der Waals surface area (Å²) >= 11 is 0. The SMILES string of the molecule is COc1cc(-c2c3c4cc(OC)c(O)cc4oc(=O)c3n3ccc4cc(OS(=O)(=O)O)c(OC)cc4c23)ccc1O. The van der Waals surface area contributed by atoms with Crippen molar-refractivity contribution in [3.8, 4) is 45.6 Å². The van der Waals surface area contributed by atoms with Crippen LogP contribution in [0.15, 0.2) is 63.9 Å². The molecule has 0 bridgehead atoms. The molecule has 13 heteroatoms. The lowest BCUT2D eigenvalue weighted by molar-refractivity contribution is 0.361. The van der Waals surface area contributed by atoms with Gasteiger partial charge in [-0.3, -0.25) is 4.55 Å². The highest BCUT2D eigenvalue weighted by atomic mass is 32.3. The molecule has 0 saturated carbocycles. The van der Waals surface area contributed by atoms with Gasteiger partial charge in [0.25, 0.3) is 0 Å². The van der Waals surface area contributed by atoms with Crippen LogP contribution >= 0.6 is 0 Å². The third-order valence-corrected chi connectivity index (χ3v) is 7.20. The van der Waals surface area contributed by atoms with Crippen LogP contribution in [0.2, 0.25) is 0 Å². The smallest absolute Gasteiger partial charge is 0.446 e. The third kappa shape index (κ3) is 4.10. The predicted octanol–water partition coefficient (Wildman–Crippen LogP) is 4.64. The summed E-state index contributed by atoms with van der Waals surface area (Å²) in [6, 6.07) is 12.1. The van der Waals surface area contributed by atoms with Crippen molar-refractivity contribution in [2.75, 3.05) is 21.3 Å². The molecule has 0 unspecified atom stereocenters. The molecule has 0 amide bonds. The quantitative estimate of drug-likeness (QED) is 0.186. The molecule has 0 aliphatic carbocycles. The number of aromatic nitrogens is 1. The van der Waals surface area contributed by atoms with Gasteiger partial charge in [0.05, 0.1) is 26.8 Å². The van der Waals surface area contributed by atoms with E-state index in [4.69, 9.17) is 22.8 Å². The summed E-state index contributed by atoms with van der Waals surface area (Å²) in [6.07, 6.45) is 1.60. The lowest BCUT2D eigenvalue weighted by Gasteiger charge is -2.12. The van der Waals surface area contributed by atoms with E-state index in [1.54, 1.807) is 34.9 Å². The van der Waals surface area contributed by atoms with Gasteiger partial charge in [-0.15, -0.1) is 0 Å². The number of nitrogens with zero attached hydrogens (tertiary/aromatic N) is 1. The molecule has 0 aliphatic heterocycles. The van der Waals surface area contributed by atoms with Crippen molar-refractivity contribution in [3.05, 3.63) is 65.1 Å². The maximum Gasteiger partial charge on any atom is 0.446 e.